The van der Waals surface area contributed by atoms with E-state index in [9.17, 15) is 5.11 Å². The van der Waals surface area contributed by atoms with Crippen LogP contribution in [-0.4, -0.2) is 20.7 Å². The van der Waals surface area contributed by atoms with Gasteiger partial charge >= 0.3 is 0 Å². The van der Waals surface area contributed by atoms with Crippen molar-refractivity contribution >= 4 is 23.3 Å². The second-order valence-electron chi connectivity index (χ2n) is 7.51. The standard InChI is InChI=1S/C17H24N2OS2/c1-16(2,3)11-8-10(14-18-15(21-7)22-19-14)9-12(13(11)20)17(4,5)6/h8-9,20H,1-7H3. The Labute approximate surface area is 141 Å². The van der Waals surface area contributed by atoms with E-state index in [2.05, 4.69) is 50.9 Å². The van der Waals surface area contributed by atoms with E-state index in [4.69, 9.17) is 0 Å². The predicted molar refractivity (Wildman–Crippen MR) is 96.2 cm³/mol. The summed E-state index contributed by atoms with van der Waals surface area (Å²) in [6.45, 7) is 12.7. The molecule has 2 aromatic rings. The summed E-state index contributed by atoms with van der Waals surface area (Å²) >= 11 is 3.02. The number of aromatic nitrogens is 2. The second-order valence-corrected chi connectivity index (χ2v) is 9.31. The Hall–Kier alpha value is -1.07. The summed E-state index contributed by atoms with van der Waals surface area (Å²) in [5.41, 5.74) is 2.58. The molecule has 0 aliphatic rings. The summed E-state index contributed by atoms with van der Waals surface area (Å²) in [4.78, 5) is 4.56. The fourth-order valence-electron chi connectivity index (χ4n) is 2.32. The average Bonchev–Trinajstić information content (AvgIpc) is 2.85. The number of thioether (sulfide) groups is 1. The van der Waals surface area contributed by atoms with Gasteiger partial charge in [0.25, 0.3) is 0 Å². The van der Waals surface area contributed by atoms with Crippen LogP contribution in [0, 0.1) is 0 Å². The number of benzene rings is 1. The molecule has 1 N–H and O–H groups in total. The van der Waals surface area contributed by atoms with Gasteiger partial charge < -0.3 is 5.11 Å². The molecule has 2 rings (SSSR count). The van der Waals surface area contributed by atoms with E-state index < -0.39 is 0 Å². The Bertz CT molecular complexity index is 644. The number of phenols is 1. The van der Waals surface area contributed by atoms with Crippen LogP contribution in [0.1, 0.15) is 52.7 Å². The Balaban J connectivity index is 2.70. The van der Waals surface area contributed by atoms with Gasteiger partial charge in [-0.1, -0.05) is 53.3 Å². The van der Waals surface area contributed by atoms with Gasteiger partial charge in [0.15, 0.2) is 10.2 Å². The zero-order chi connectivity index (χ0) is 16.7. The Kier molecular flexibility index (Phi) is 4.60. The van der Waals surface area contributed by atoms with E-state index in [1.807, 2.05) is 18.4 Å². The monoisotopic (exact) mass is 336 g/mol. The van der Waals surface area contributed by atoms with Crippen molar-refractivity contribution in [1.29, 1.82) is 0 Å². The van der Waals surface area contributed by atoms with Gasteiger partial charge in [-0.25, -0.2) is 4.98 Å². The van der Waals surface area contributed by atoms with Crippen molar-refractivity contribution in [2.45, 2.75) is 56.7 Å². The van der Waals surface area contributed by atoms with Gasteiger partial charge in [-0.05, 0) is 40.8 Å². The minimum absolute atomic E-state index is 0.140. The van der Waals surface area contributed by atoms with Crippen LogP contribution in [0.4, 0.5) is 0 Å². The molecule has 0 aliphatic heterocycles. The molecular weight excluding hydrogens is 312 g/mol. The molecule has 0 atom stereocenters. The number of phenolic OH excluding ortho intramolecular Hbond substituents is 1. The molecule has 0 bridgehead atoms. The third kappa shape index (κ3) is 3.46. The van der Waals surface area contributed by atoms with Gasteiger partial charge in [-0.2, -0.15) is 4.37 Å². The molecule has 0 saturated heterocycles. The number of hydrogen-bond donors (Lipinski definition) is 1. The van der Waals surface area contributed by atoms with Gasteiger partial charge in [-0.15, -0.1) is 0 Å². The maximum atomic E-state index is 10.7. The zero-order valence-electron chi connectivity index (χ0n) is 14.3. The first-order chi connectivity index (χ1) is 10.0. The molecule has 0 radical (unpaired) electrons. The molecule has 0 spiro atoms. The lowest BCUT2D eigenvalue weighted by molar-refractivity contribution is 0.423. The number of aromatic hydroxyl groups is 1. The summed E-state index contributed by atoms with van der Waals surface area (Å²) in [7, 11) is 0. The molecule has 0 amide bonds. The first-order valence-electron chi connectivity index (χ1n) is 7.30. The van der Waals surface area contributed by atoms with Crippen molar-refractivity contribution in [1.82, 2.24) is 9.36 Å². The molecule has 0 unspecified atom stereocenters. The molecule has 0 saturated carbocycles. The highest BCUT2D eigenvalue weighted by Gasteiger charge is 2.27. The van der Waals surface area contributed by atoms with Gasteiger partial charge in [0, 0.05) is 16.7 Å². The summed E-state index contributed by atoms with van der Waals surface area (Å²) in [6, 6.07) is 4.05. The lowest BCUT2D eigenvalue weighted by atomic mass is 9.78. The van der Waals surface area contributed by atoms with E-state index in [1.54, 1.807) is 11.8 Å². The molecular formula is C17H24N2OS2. The molecule has 120 valence electrons. The lowest BCUT2D eigenvalue weighted by Crippen LogP contribution is -2.17. The predicted octanol–water partition coefficient (Wildman–Crippen LogP) is 5.23. The number of nitrogens with zero attached hydrogens (tertiary/aromatic N) is 2. The van der Waals surface area contributed by atoms with Crippen LogP contribution in [0.25, 0.3) is 11.4 Å². The van der Waals surface area contributed by atoms with E-state index in [0.29, 0.717) is 5.75 Å². The first-order valence-corrected chi connectivity index (χ1v) is 9.30. The highest BCUT2D eigenvalue weighted by molar-refractivity contribution is 8.00. The quantitative estimate of drug-likeness (QED) is 0.763. The van der Waals surface area contributed by atoms with E-state index in [-0.39, 0.29) is 10.8 Å². The maximum absolute atomic E-state index is 10.7. The Morgan fingerprint density at radius 2 is 1.50 bits per heavy atom. The molecule has 3 nitrogen and oxygen atoms in total. The van der Waals surface area contributed by atoms with Crippen molar-refractivity contribution < 1.29 is 5.11 Å². The SMILES string of the molecule is CSc1nc(-c2cc(C(C)(C)C)c(O)c(C(C)(C)C)c2)ns1. The molecule has 22 heavy (non-hydrogen) atoms. The number of hydrogen-bond acceptors (Lipinski definition) is 5. The average molecular weight is 337 g/mol. The minimum Gasteiger partial charge on any atom is -0.507 e. The molecule has 0 fully saturated rings. The Morgan fingerprint density at radius 1 is 1.00 bits per heavy atom. The van der Waals surface area contributed by atoms with Crippen LogP contribution >= 0.6 is 23.3 Å². The van der Waals surface area contributed by atoms with Crippen LogP contribution in [0.3, 0.4) is 0 Å². The zero-order valence-corrected chi connectivity index (χ0v) is 15.9. The van der Waals surface area contributed by atoms with E-state index >= 15 is 0 Å². The Morgan fingerprint density at radius 3 is 1.86 bits per heavy atom. The smallest absolute Gasteiger partial charge is 0.174 e. The van der Waals surface area contributed by atoms with Crippen LogP contribution in [-0.2, 0) is 10.8 Å². The molecule has 1 aromatic carbocycles. The normalized spacial score (nSPS) is 12.7. The van der Waals surface area contributed by atoms with Crippen LogP contribution in [0.2, 0.25) is 0 Å². The second kappa shape index (κ2) is 5.85. The van der Waals surface area contributed by atoms with Crippen molar-refractivity contribution in [2.75, 3.05) is 6.26 Å². The summed E-state index contributed by atoms with van der Waals surface area (Å²) in [5, 5.41) is 10.7. The third-order valence-corrected chi connectivity index (χ3v) is 5.24. The van der Waals surface area contributed by atoms with E-state index in [1.165, 1.54) is 11.5 Å². The summed E-state index contributed by atoms with van der Waals surface area (Å²) < 4.78 is 5.42. The van der Waals surface area contributed by atoms with Crippen molar-refractivity contribution in [3.05, 3.63) is 23.3 Å². The van der Waals surface area contributed by atoms with Crippen LogP contribution in [0.5, 0.6) is 5.75 Å². The fraction of sp³-hybridized carbons (Fsp3) is 0.529. The summed E-state index contributed by atoms with van der Waals surface area (Å²) in [6.07, 6.45) is 2.00. The number of rotatable bonds is 2. The van der Waals surface area contributed by atoms with Crippen LogP contribution in [0.15, 0.2) is 16.5 Å². The maximum Gasteiger partial charge on any atom is 0.174 e. The molecule has 1 aromatic heterocycles. The first kappa shape index (κ1) is 17.3. The van der Waals surface area contributed by atoms with Gasteiger partial charge in [-0.3, -0.25) is 0 Å². The highest BCUT2D eigenvalue weighted by Crippen LogP contribution is 2.41. The van der Waals surface area contributed by atoms with E-state index in [0.717, 1.165) is 26.9 Å². The summed E-state index contributed by atoms with van der Waals surface area (Å²) in [5.74, 6) is 1.13. The van der Waals surface area contributed by atoms with Gasteiger partial charge in [0.2, 0.25) is 0 Å². The van der Waals surface area contributed by atoms with Gasteiger partial charge in [0.05, 0.1) is 0 Å². The fourth-order valence-corrected chi connectivity index (χ4v) is 3.34. The molecule has 1 heterocycles. The largest absolute Gasteiger partial charge is 0.507 e. The van der Waals surface area contributed by atoms with Crippen molar-refractivity contribution in [3.63, 3.8) is 0 Å². The lowest BCUT2D eigenvalue weighted by Gasteiger charge is -2.27. The van der Waals surface area contributed by atoms with Crippen molar-refractivity contribution in [3.8, 4) is 17.1 Å². The molecule has 0 aliphatic carbocycles. The van der Waals surface area contributed by atoms with Gasteiger partial charge in [0.1, 0.15) is 5.75 Å². The van der Waals surface area contributed by atoms with Crippen LogP contribution < -0.4 is 0 Å². The third-order valence-electron chi connectivity index (χ3n) is 3.57. The van der Waals surface area contributed by atoms with Crippen molar-refractivity contribution in [2.24, 2.45) is 0 Å². The minimum atomic E-state index is -0.140. The highest BCUT2D eigenvalue weighted by atomic mass is 32.2. The molecule has 5 heteroatoms. The topological polar surface area (TPSA) is 46.0 Å².